The average molecular weight is 414 g/mol. The molecule has 0 aliphatic carbocycles. The Morgan fingerprint density at radius 1 is 1.24 bits per heavy atom. The quantitative estimate of drug-likeness (QED) is 0.638. The first-order chi connectivity index (χ1) is 14.0. The Morgan fingerprint density at radius 3 is 2.69 bits per heavy atom. The summed E-state index contributed by atoms with van der Waals surface area (Å²) in [7, 11) is 0. The molecule has 1 aliphatic heterocycles. The van der Waals surface area contributed by atoms with Gasteiger partial charge in [0.25, 0.3) is 5.91 Å². The normalized spacial score (nSPS) is 14.8. The minimum absolute atomic E-state index is 0.0573. The number of ether oxygens (including phenoxy) is 1. The molecule has 29 heavy (non-hydrogen) atoms. The van der Waals surface area contributed by atoms with Gasteiger partial charge in [0.05, 0.1) is 17.0 Å². The highest BCUT2D eigenvalue weighted by molar-refractivity contribution is 7.22. The summed E-state index contributed by atoms with van der Waals surface area (Å²) in [6.07, 6.45) is 0. The summed E-state index contributed by atoms with van der Waals surface area (Å²) >= 11 is 1.68. The van der Waals surface area contributed by atoms with Crippen LogP contribution in [0, 0.1) is 6.92 Å². The van der Waals surface area contributed by atoms with Crippen molar-refractivity contribution in [2.24, 2.45) is 0 Å². The van der Waals surface area contributed by atoms with Crippen molar-refractivity contribution in [2.75, 3.05) is 37.7 Å². The molecule has 3 aromatic rings. The Morgan fingerprint density at radius 2 is 2.00 bits per heavy atom. The van der Waals surface area contributed by atoms with Crippen molar-refractivity contribution >= 4 is 32.6 Å². The lowest BCUT2D eigenvalue weighted by Gasteiger charge is -2.34. The van der Waals surface area contributed by atoms with Crippen LogP contribution in [0.5, 0.6) is 5.75 Å². The molecule has 7 nitrogen and oxygen atoms in total. The lowest BCUT2D eigenvalue weighted by molar-refractivity contribution is 0.0732. The van der Waals surface area contributed by atoms with Gasteiger partial charge < -0.3 is 14.5 Å². The van der Waals surface area contributed by atoms with Gasteiger partial charge in [0.15, 0.2) is 5.13 Å². The van der Waals surface area contributed by atoms with Crippen LogP contribution in [-0.2, 0) is 0 Å². The van der Waals surface area contributed by atoms with E-state index >= 15 is 0 Å². The molecule has 1 saturated heterocycles. The summed E-state index contributed by atoms with van der Waals surface area (Å²) in [5.41, 5.74) is 2.47. The van der Waals surface area contributed by atoms with Crippen molar-refractivity contribution in [1.29, 1.82) is 0 Å². The van der Waals surface area contributed by atoms with Crippen molar-refractivity contribution in [1.82, 2.24) is 19.7 Å². The summed E-state index contributed by atoms with van der Waals surface area (Å²) in [6, 6.07) is 8.09. The molecule has 1 fully saturated rings. The van der Waals surface area contributed by atoms with E-state index in [0.717, 1.165) is 39.9 Å². The van der Waals surface area contributed by atoms with Gasteiger partial charge in [-0.3, -0.25) is 9.48 Å². The number of para-hydroxylation sites is 1. The molecular weight excluding hydrogens is 386 g/mol. The van der Waals surface area contributed by atoms with Gasteiger partial charge in [-0.2, -0.15) is 5.10 Å². The van der Waals surface area contributed by atoms with Crippen LogP contribution in [0.1, 0.15) is 43.0 Å². The highest BCUT2D eigenvalue weighted by Gasteiger charge is 2.27. The van der Waals surface area contributed by atoms with E-state index in [1.807, 2.05) is 55.5 Å². The van der Waals surface area contributed by atoms with Gasteiger partial charge in [0.2, 0.25) is 0 Å². The number of hydrogen-bond acceptors (Lipinski definition) is 6. The van der Waals surface area contributed by atoms with Gasteiger partial charge in [0, 0.05) is 32.2 Å². The fraction of sp³-hybridized carbons (Fsp3) is 0.476. The number of thiazole rings is 1. The van der Waals surface area contributed by atoms with E-state index in [1.54, 1.807) is 11.3 Å². The zero-order valence-electron chi connectivity index (χ0n) is 17.4. The third-order valence-corrected chi connectivity index (χ3v) is 6.16. The molecule has 0 spiro atoms. The second kappa shape index (κ2) is 8.02. The number of anilines is 1. The summed E-state index contributed by atoms with van der Waals surface area (Å²) in [6.45, 7) is 11.5. The Kier molecular flexibility index (Phi) is 5.45. The molecule has 1 aromatic carbocycles. The number of fused-ring (bicyclic) bond motifs is 1. The van der Waals surface area contributed by atoms with Crippen molar-refractivity contribution < 1.29 is 9.53 Å². The number of nitrogens with zero attached hydrogens (tertiary/aromatic N) is 5. The van der Waals surface area contributed by atoms with E-state index in [4.69, 9.17) is 9.72 Å². The number of rotatable bonds is 5. The second-order valence-corrected chi connectivity index (χ2v) is 8.53. The predicted molar refractivity (Wildman–Crippen MR) is 116 cm³/mol. The third kappa shape index (κ3) is 3.81. The van der Waals surface area contributed by atoms with Gasteiger partial charge in [-0.05, 0) is 45.9 Å². The van der Waals surface area contributed by atoms with E-state index < -0.39 is 0 Å². The molecule has 2 aromatic heterocycles. The van der Waals surface area contributed by atoms with Gasteiger partial charge in [-0.1, -0.05) is 17.4 Å². The molecule has 0 bridgehead atoms. The molecule has 8 heteroatoms. The van der Waals surface area contributed by atoms with Crippen LogP contribution in [0.3, 0.4) is 0 Å². The molecule has 0 atom stereocenters. The van der Waals surface area contributed by atoms with E-state index in [0.29, 0.717) is 25.4 Å². The highest BCUT2D eigenvalue weighted by atomic mass is 32.1. The molecule has 154 valence electrons. The number of amides is 1. The second-order valence-electron chi connectivity index (χ2n) is 7.52. The topological polar surface area (TPSA) is 63.5 Å². The number of piperazine rings is 1. The zero-order valence-corrected chi connectivity index (χ0v) is 18.2. The lowest BCUT2D eigenvalue weighted by Crippen LogP contribution is -2.49. The molecule has 4 rings (SSSR count). The van der Waals surface area contributed by atoms with Crippen LogP contribution in [0.15, 0.2) is 24.3 Å². The van der Waals surface area contributed by atoms with Crippen LogP contribution in [0.25, 0.3) is 10.2 Å². The Balaban J connectivity index is 1.48. The minimum atomic E-state index is 0.0573. The molecular formula is C21H27N5O2S. The molecule has 0 radical (unpaired) electrons. The molecule has 1 aliphatic rings. The first-order valence-corrected chi connectivity index (χ1v) is 10.9. The lowest BCUT2D eigenvalue weighted by atomic mass is 10.2. The number of aryl methyl sites for hydroxylation is 1. The Bertz CT molecular complexity index is 1020. The summed E-state index contributed by atoms with van der Waals surface area (Å²) in [5.74, 6) is 0.889. The maximum absolute atomic E-state index is 13.1. The molecule has 0 N–H and O–H groups in total. The number of carbonyl (C=O) groups excluding carboxylic acids is 1. The molecule has 0 saturated carbocycles. The maximum atomic E-state index is 13.1. The molecule has 1 amide bonds. The fourth-order valence-corrected chi connectivity index (χ4v) is 4.69. The fourth-order valence-electron chi connectivity index (χ4n) is 3.65. The summed E-state index contributed by atoms with van der Waals surface area (Å²) in [4.78, 5) is 22.1. The summed E-state index contributed by atoms with van der Waals surface area (Å²) < 4.78 is 8.67. The van der Waals surface area contributed by atoms with E-state index in [-0.39, 0.29) is 11.9 Å². The zero-order chi connectivity index (χ0) is 20.5. The predicted octanol–water partition coefficient (Wildman–Crippen LogP) is 3.74. The maximum Gasteiger partial charge on any atom is 0.272 e. The van der Waals surface area contributed by atoms with Crippen LogP contribution in [0.4, 0.5) is 5.13 Å². The van der Waals surface area contributed by atoms with E-state index in [9.17, 15) is 4.79 Å². The largest absolute Gasteiger partial charge is 0.492 e. The van der Waals surface area contributed by atoms with E-state index in [2.05, 4.69) is 16.1 Å². The van der Waals surface area contributed by atoms with Crippen LogP contribution in [0.2, 0.25) is 0 Å². The number of benzene rings is 1. The van der Waals surface area contributed by atoms with Crippen LogP contribution < -0.4 is 9.64 Å². The minimum Gasteiger partial charge on any atom is -0.492 e. The number of carbonyl (C=O) groups is 1. The van der Waals surface area contributed by atoms with E-state index in [1.165, 1.54) is 0 Å². The Hall–Kier alpha value is -2.61. The third-order valence-electron chi connectivity index (χ3n) is 5.07. The SMILES string of the molecule is CCOc1cccc2sc(N3CCN(C(=O)c4cc(C)nn4C(C)C)CC3)nc12. The van der Waals surface area contributed by atoms with Crippen LogP contribution in [-0.4, -0.2) is 58.4 Å². The van der Waals surface area contributed by atoms with Gasteiger partial charge in [-0.15, -0.1) is 0 Å². The number of hydrogen-bond donors (Lipinski definition) is 0. The number of aromatic nitrogens is 3. The smallest absolute Gasteiger partial charge is 0.272 e. The van der Waals surface area contributed by atoms with Crippen molar-refractivity contribution in [3.63, 3.8) is 0 Å². The first-order valence-electron chi connectivity index (χ1n) is 10.1. The average Bonchev–Trinajstić information content (AvgIpc) is 3.32. The van der Waals surface area contributed by atoms with Gasteiger partial charge in [0.1, 0.15) is 17.0 Å². The standard InChI is InChI=1S/C21H27N5O2S/c1-5-28-17-7-6-8-18-19(17)22-21(29-18)25-11-9-24(10-12-25)20(27)16-13-15(4)23-26(16)14(2)3/h6-8,13-14H,5,9-12H2,1-4H3. The van der Waals surface area contributed by atoms with Crippen LogP contribution >= 0.6 is 11.3 Å². The van der Waals surface area contributed by atoms with Crippen molar-refractivity contribution in [2.45, 2.75) is 33.7 Å². The Labute approximate surface area is 174 Å². The van der Waals surface area contributed by atoms with Gasteiger partial charge >= 0.3 is 0 Å². The van der Waals surface area contributed by atoms with Crippen molar-refractivity contribution in [3.8, 4) is 5.75 Å². The monoisotopic (exact) mass is 413 g/mol. The highest BCUT2D eigenvalue weighted by Crippen LogP contribution is 2.34. The summed E-state index contributed by atoms with van der Waals surface area (Å²) in [5, 5.41) is 5.46. The molecule has 0 unspecified atom stereocenters. The first kappa shape index (κ1) is 19.7. The van der Waals surface area contributed by atoms with Crippen molar-refractivity contribution in [3.05, 3.63) is 35.7 Å². The van der Waals surface area contributed by atoms with Gasteiger partial charge in [-0.25, -0.2) is 4.98 Å². The molecule has 3 heterocycles.